The van der Waals surface area contributed by atoms with Gasteiger partial charge >= 0.3 is 0 Å². The number of Topliss-reactive ketones (excluding diaryl/α,β-unsaturated/α-hetero) is 1. The number of nitrogens with one attached hydrogen (secondary N) is 1. The molecule has 0 aliphatic carbocycles. The Hall–Kier alpha value is -1.63. The SMILES string of the molecule is O=C(CSc1n[nH]c(-c2cccs2)n1)c1ccccc1Cl. The van der Waals surface area contributed by atoms with Crippen molar-refractivity contribution < 1.29 is 4.79 Å². The quantitative estimate of drug-likeness (QED) is 0.561. The molecular weight excluding hydrogens is 326 g/mol. The second-order valence-corrected chi connectivity index (χ2v) is 6.43. The van der Waals surface area contributed by atoms with Crippen molar-refractivity contribution in [2.24, 2.45) is 0 Å². The number of carbonyl (C=O) groups is 1. The van der Waals surface area contributed by atoms with Gasteiger partial charge in [0.25, 0.3) is 0 Å². The van der Waals surface area contributed by atoms with E-state index in [2.05, 4.69) is 15.2 Å². The Morgan fingerprint density at radius 3 is 2.90 bits per heavy atom. The largest absolute Gasteiger partial charge is 0.293 e. The molecule has 0 radical (unpaired) electrons. The van der Waals surface area contributed by atoms with Crippen molar-refractivity contribution in [3.8, 4) is 10.7 Å². The van der Waals surface area contributed by atoms with Gasteiger partial charge in [0, 0.05) is 5.56 Å². The van der Waals surface area contributed by atoms with Crippen LogP contribution in [-0.4, -0.2) is 26.7 Å². The molecule has 1 N–H and O–H groups in total. The van der Waals surface area contributed by atoms with E-state index in [1.54, 1.807) is 35.6 Å². The first-order valence-electron chi connectivity index (χ1n) is 6.11. The lowest BCUT2D eigenvalue weighted by atomic mass is 10.1. The minimum absolute atomic E-state index is 0.0342. The zero-order valence-corrected chi connectivity index (χ0v) is 13.1. The Morgan fingerprint density at radius 2 is 2.14 bits per heavy atom. The van der Waals surface area contributed by atoms with Gasteiger partial charge in [-0.15, -0.1) is 16.4 Å². The summed E-state index contributed by atoms with van der Waals surface area (Å²) in [5, 5.41) is 9.98. The van der Waals surface area contributed by atoms with Crippen molar-refractivity contribution >= 4 is 40.5 Å². The molecule has 2 heterocycles. The summed E-state index contributed by atoms with van der Waals surface area (Å²) in [6.07, 6.45) is 0. The third kappa shape index (κ3) is 3.34. The highest BCUT2D eigenvalue weighted by Crippen LogP contribution is 2.24. The van der Waals surface area contributed by atoms with Crippen molar-refractivity contribution in [1.29, 1.82) is 0 Å². The highest BCUT2D eigenvalue weighted by Gasteiger charge is 2.13. The van der Waals surface area contributed by atoms with Crippen molar-refractivity contribution in [3.05, 3.63) is 52.4 Å². The predicted octanol–water partition coefficient (Wildman–Crippen LogP) is 4.16. The molecule has 0 saturated carbocycles. The van der Waals surface area contributed by atoms with Crippen molar-refractivity contribution in [2.75, 3.05) is 5.75 Å². The van der Waals surface area contributed by atoms with Crippen LogP contribution < -0.4 is 0 Å². The highest BCUT2D eigenvalue weighted by molar-refractivity contribution is 7.99. The van der Waals surface area contributed by atoms with Gasteiger partial charge in [0.15, 0.2) is 11.6 Å². The number of aromatic amines is 1. The monoisotopic (exact) mass is 335 g/mol. The zero-order chi connectivity index (χ0) is 14.7. The fraction of sp³-hybridized carbons (Fsp3) is 0.0714. The summed E-state index contributed by atoms with van der Waals surface area (Å²) in [6, 6.07) is 11.0. The lowest BCUT2D eigenvalue weighted by Crippen LogP contribution is -2.03. The summed E-state index contributed by atoms with van der Waals surface area (Å²) in [5.74, 6) is 0.941. The molecule has 0 unspecified atom stereocenters. The van der Waals surface area contributed by atoms with Crippen LogP contribution >= 0.6 is 34.7 Å². The number of aromatic nitrogens is 3. The van der Waals surface area contributed by atoms with E-state index in [0.29, 0.717) is 15.7 Å². The molecular formula is C14H10ClN3OS2. The van der Waals surface area contributed by atoms with Gasteiger partial charge in [-0.05, 0) is 23.6 Å². The van der Waals surface area contributed by atoms with E-state index < -0.39 is 0 Å². The molecule has 21 heavy (non-hydrogen) atoms. The lowest BCUT2D eigenvalue weighted by Gasteiger charge is -2.01. The second kappa shape index (κ2) is 6.43. The second-order valence-electron chi connectivity index (χ2n) is 4.14. The number of halogens is 1. The van der Waals surface area contributed by atoms with Crippen LogP contribution in [-0.2, 0) is 0 Å². The summed E-state index contributed by atoms with van der Waals surface area (Å²) in [4.78, 5) is 17.5. The Labute approximate surface area is 134 Å². The molecule has 3 rings (SSSR count). The van der Waals surface area contributed by atoms with E-state index in [-0.39, 0.29) is 11.5 Å². The maximum absolute atomic E-state index is 12.1. The van der Waals surface area contributed by atoms with Gasteiger partial charge in [0.2, 0.25) is 5.16 Å². The Bertz CT molecular complexity index is 755. The van der Waals surface area contributed by atoms with Gasteiger partial charge in [-0.25, -0.2) is 4.98 Å². The van der Waals surface area contributed by atoms with E-state index >= 15 is 0 Å². The number of carbonyl (C=O) groups excluding carboxylic acids is 1. The van der Waals surface area contributed by atoms with Crippen LogP contribution in [0, 0.1) is 0 Å². The Morgan fingerprint density at radius 1 is 1.29 bits per heavy atom. The van der Waals surface area contributed by atoms with Crippen LogP contribution in [0.1, 0.15) is 10.4 Å². The summed E-state index contributed by atoms with van der Waals surface area (Å²) in [6.45, 7) is 0. The predicted molar refractivity (Wildman–Crippen MR) is 86.2 cm³/mol. The molecule has 3 aromatic rings. The van der Waals surface area contributed by atoms with Gasteiger partial charge in [0.05, 0.1) is 15.7 Å². The summed E-state index contributed by atoms with van der Waals surface area (Å²) >= 11 is 8.88. The molecule has 0 aliphatic rings. The zero-order valence-electron chi connectivity index (χ0n) is 10.7. The third-order valence-corrected chi connectivity index (χ3v) is 4.78. The minimum atomic E-state index is -0.0342. The van der Waals surface area contributed by atoms with Crippen LogP contribution in [0.5, 0.6) is 0 Å². The van der Waals surface area contributed by atoms with Crippen LogP contribution in [0.4, 0.5) is 0 Å². The van der Waals surface area contributed by atoms with E-state index in [1.165, 1.54) is 11.8 Å². The highest BCUT2D eigenvalue weighted by atomic mass is 35.5. The molecule has 2 aromatic heterocycles. The fourth-order valence-electron chi connectivity index (χ4n) is 1.73. The Balaban J connectivity index is 1.66. The number of hydrogen-bond acceptors (Lipinski definition) is 5. The molecule has 0 spiro atoms. The maximum Gasteiger partial charge on any atom is 0.209 e. The molecule has 0 amide bonds. The number of benzene rings is 1. The molecule has 4 nitrogen and oxygen atoms in total. The molecule has 0 atom stereocenters. The topological polar surface area (TPSA) is 58.6 Å². The molecule has 0 aliphatic heterocycles. The van der Waals surface area contributed by atoms with Crippen LogP contribution in [0.15, 0.2) is 46.9 Å². The minimum Gasteiger partial charge on any atom is -0.293 e. The van der Waals surface area contributed by atoms with Crippen LogP contribution in [0.3, 0.4) is 0 Å². The number of H-pyrrole nitrogens is 1. The molecule has 106 valence electrons. The number of ketones is 1. The molecule has 0 bridgehead atoms. The molecule has 0 fully saturated rings. The van der Waals surface area contributed by atoms with Gasteiger partial charge in [-0.3, -0.25) is 9.89 Å². The van der Waals surface area contributed by atoms with E-state index in [4.69, 9.17) is 11.6 Å². The average Bonchev–Trinajstić information content (AvgIpc) is 3.16. The van der Waals surface area contributed by atoms with Crippen molar-refractivity contribution in [1.82, 2.24) is 15.2 Å². The van der Waals surface area contributed by atoms with Crippen LogP contribution in [0.25, 0.3) is 10.7 Å². The molecule has 0 saturated heterocycles. The molecule has 7 heteroatoms. The number of thioether (sulfide) groups is 1. The number of thiophene rings is 1. The van der Waals surface area contributed by atoms with E-state index in [0.717, 1.165) is 10.7 Å². The van der Waals surface area contributed by atoms with Gasteiger partial charge in [0.1, 0.15) is 0 Å². The summed E-state index contributed by atoms with van der Waals surface area (Å²) in [7, 11) is 0. The molecule has 1 aromatic carbocycles. The first kappa shape index (κ1) is 14.3. The van der Waals surface area contributed by atoms with Crippen molar-refractivity contribution in [3.63, 3.8) is 0 Å². The summed E-state index contributed by atoms with van der Waals surface area (Å²) in [5.41, 5.74) is 0.528. The van der Waals surface area contributed by atoms with Crippen LogP contribution in [0.2, 0.25) is 5.02 Å². The first-order chi connectivity index (χ1) is 10.2. The Kier molecular flexibility index (Phi) is 4.38. The standard InChI is InChI=1S/C14H10ClN3OS2/c15-10-5-2-1-4-9(10)11(19)8-21-14-16-13(17-18-14)12-6-3-7-20-12/h1-7H,8H2,(H,16,17,18). The smallest absolute Gasteiger partial charge is 0.209 e. The summed E-state index contributed by atoms with van der Waals surface area (Å²) < 4.78 is 0. The lowest BCUT2D eigenvalue weighted by molar-refractivity contribution is 0.102. The first-order valence-corrected chi connectivity index (χ1v) is 8.35. The number of rotatable bonds is 5. The third-order valence-electron chi connectivity index (χ3n) is 2.73. The van der Waals surface area contributed by atoms with E-state index in [1.807, 2.05) is 17.5 Å². The van der Waals surface area contributed by atoms with Crippen molar-refractivity contribution in [2.45, 2.75) is 5.16 Å². The maximum atomic E-state index is 12.1. The normalized spacial score (nSPS) is 10.7. The van der Waals surface area contributed by atoms with Gasteiger partial charge in [-0.2, -0.15) is 0 Å². The number of nitrogens with zero attached hydrogens (tertiary/aromatic N) is 2. The number of hydrogen-bond donors (Lipinski definition) is 1. The van der Waals surface area contributed by atoms with Gasteiger partial charge < -0.3 is 0 Å². The van der Waals surface area contributed by atoms with Gasteiger partial charge in [-0.1, -0.05) is 41.6 Å². The average molecular weight is 336 g/mol. The fourth-order valence-corrected chi connectivity index (χ4v) is 3.32. The van der Waals surface area contributed by atoms with E-state index in [9.17, 15) is 4.79 Å².